The summed E-state index contributed by atoms with van der Waals surface area (Å²) in [4.78, 5) is 22.2. The molecule has 1 aromatic rings. The lowest BCUT2D eigenvalue weighted by Crippen LogP contribution is -2.53. The molecule has 1 rings (SSSR count). The monoisotopic (exact) mass is 393 g/mol. The lowest BCUT2D eigenvalue weighted by atomic mass is 10.1. The standard InChI is InChI=1S/C13H16BrNO6S/c1-9(16)21-8-13(2,3)15(12(17)18)22(19,20)11-7-5-4-6-10(11)14/h4-7H,8H2,1-3H3,(H,17,18). The van der Waals surface area contributed by atoms with Gasteiger partial charge >= 0.3 is 12.1 Å². The minimum absolute atomic E-state index is 0.187. The van der Waals surface area contributed by atoms with Crippen molar-refractivity contribution in [2.24, 2.45) is 0 Å². The maximum absolute atomic E-state index is 12.7. The van der Waals surface area contributed by atoms with E-state index in [0.29, 0.717) is 4.31 Å². The molecule has 0 aliphatic heterocycles. The van der Waals surface area contributed by atoms with Crippen molar-refractivity contribution in [1.29, 1.82) is 0 Å². The summed E-state index contributed by atoms with van der Waals surface area (Å²) in [6, 6.07) is 5.87. The first-order valence-electron chi connectivity index (χ1n) is 6.16. The molecular weight excluding hydrogens is 378 g/mol. The molecule has 0 radical (unpaired) electrons. The molecule has 0 saturated carbocycles. The third kappa shape index (κ3) is 3.98. The third-order valence-corrected chi connectivity index (χ3v) is 5.70. The maximum atomic E-state index is 12.7. The van der Waals surface area contributed by atoms with Crippen LogP contribution in [0, 0.1) is 0 Å². The SMILES string of the molecule is CC(=O)OCC(C)(C)N(C(=O)O)S(=O)(=O)c1ccccc1Br. The molecule has 1 N–H and O–H groups in total. The van der Waals surface area contributed by atoms with Crippen molar-refractivity contribution in [3.05, 3.63) is 28.7 Å². The predicted molar refractivity (Wildman–Crippen MR) is 81.9 cm³/mol. The predicted octanol–water partition coefficient (Wildman–Crippen LogP) is 2.46. The first kappa shape index (κ1) is 18.4. The molecule has 9 heteroatoms. The lowest BCUT2D eigenvalue weighted by Gasteiger charge is -2.34. The van der Waals surface area contributed by atoms with Gasteiger partial charge in [0, 0.05) is 11.4 Å². The number of halogens is 1. The van der Waals surface area contributed by atoms with Crippen LogP contribution in [0.3, 0.4) is 0 Å². The first-order chi connectivity index (χ1) is 10.00. The fraction of sp³-hybridized carbons (Fsp3) is 0.385. The van der Waals surface area contributed by atoms with E-state index >= 15 is 0 Å². The second-order valence-corrected chi connectivity index (χ2v) is 7.68. The minimum Gasteiger partial charge on any atom is -0.464 e. The number of rotatable bonds is 5. The highest BCUT2D eigenvalue weighted by atomic mass is 79.9. The number of hydrogen-bond donors (Lipinski definition) is 1. The van der Waals surface area contributed by atoms with E-state index in [1.165, 1.54) is 32.0 Å². The van der Waals surface area contributed by atoms with Crippen LogP contribution in [0.1, 0.15) is 20.8 Å². The quantitative estimate of drug-likeness (QED) is 0.770. The van der Waals surface area contributed by atoms with Gasteiger partial charge < -0.3 is 9.84 Å². The number of ether oxygens (including phenoxy) is 1. The third-order valence-electron chi connectivity index (χ3n) is 2.71. The van der Waals surface area contributed by atoms with E-state index in [0.717, 1.165) is 6.92 Å². The summed E-state index contributed by atoms with van der Waals surface area (Å²) < 4.78 is 30.6. The van der Waals surface area contributed by atoms with Crippen molar-refractivity contribution < 1.29 is 27.9 Å². The van der Waals surface area contributed by atoms with Gasteiger partial charge in [-0.3, -0.25) is 4.79 Å². The summed E-state index contributed by atoms with van der Waals surface area (Å²) >= 11 is 3.09. The molecule has 7 nitrogen and oxygen atoms in total. The number of carbonyl (C=O) groups is 2. The highest BCUT2D eigenvalue weighted by Gasteiger charge is 2.42. The maximum Gasteiger partial charge on any atom is 0.422 e. The van der Waals surface area contributed by atoms with Gasteiger partial charge in [0.25, 0.3) is 10.0 Å². The van der Waals surface area contributed by atoms with Crippen LogP contribution in [0.2, 0.25) is 0 Å². The number of hydrogen-bond acceptors (Lipinski definition) is 5. The van der Waals surface area contributed by atoms with E-state index in [4.69, 9.17) is 4.74 Å². The van der Waals surface area contributed by atoms with Crippen LogP contribution >= 0.6 is 15.9 Å². The molecule has 0 aliphatic rings. The molecule has 0 unspecified atom stereocenters. The number of benzene rings is 1. The Balaban J connectivity index is 3.34. The fourth-order valence-corrected chi connectivity index (χ4v) is 4.35. The molecular formula is C13H16BrNO6S. The number of carboxylic acid groups (broad SMARTS) is 1. The van der Waals surface area contributed by atoms with E-state index in [9.17, 15) is 23.1 Å². The Bertz CT molecular complexity index is 686. The van der Waals surface area contributed by atoms with E-state index in [2.05, 4.69) is 15.9 Å². The highest BCUT2D eigenvalue weighted by molar-refractivity contribution is 9.10. The van der Waals surface area contributed by atoms with Gasteiger partial charge in [-0.15, -0.1) is 0 Å². The minimum atomic E-state index is -4.34. The van der Waals surface area contributed by atoms with Crippen LogP contribution in [0.15, 0.2) is 33.6 Å². The van der Waals surface area contributed by atoms with E-state index in [-0.39, 0.29) is 9.37 Å². The molecule has 0 aliphatic carbocycles. The van der Waals surface area contributed by atoms with Crippen LogP contribution in [0.4, 0.5) is 4.79 Å². The molecule has 122 valence electrons. The number of amides is 1. The lowest BCUT2D eigenvalue weighted by molar-refractivity contribution is -0.143. The Morgan fingerprint density at radius 1 is 1.32 bits per heavy atom. The molecule has 0 atom stereocenters. The van der Waals surface area contributed by atoms with Crippen LogP contribution in [0.5, 0.6) is 0 Å². The van der Waals surface area contributed by atoms with Crippen LogP contribution in [-0.2, 0) is 19.6 Å². The summed E-state index contributed by atoms with van der Waals surface area (Å²) in [7, 11) is -4.34. The van der Waals surface area contributed by atoms with Gasteiger partial charge in [-0.1, -0.05) is 12.1 Å². The van der Waals surface area contributed by atoms with E-state index < -0.39 is 34.2 Å². The van der Waals surface area contributed by atoms with Gasteiger partial charge in [0.2, 0.25) is 0 Å². The van der Waals surface area contributed by atoms with Gasteiger partial charge in [0.15, 0.2) is 0 Å². The van der Waals surface area contributed by atoms with Crippen molar-refractivity contribution in [3.8, 4) is 0 Å². The topological polar surface area (TPSA) is 101 Å². The second kappa shape index (κ2) is 6.66. The van der Waals surface area contributed by atoms with Gasteiger partial charge in [0.05, 0.1) is 5.54 Å². The van der Waals surface area contributed by atoms with Crippen LogP contribution in [-0.4, -0.2) is 42.0 Å². The second-order valence-electron chi connectivity index (χ2n) is 5.08. The Hall–Kier alpha value is -1.61. The number of carbonyl (C=O) groups excluding carboxylic acids is 1. The number of sulfonamides is 1. The Morgan fingerprint density at radius 3 is 2.32 bits per heavy atom. The molecule has 0 fully saturated rings. The van der Waals surface area contributed by atoms with Crippen molar-refractivity contribution in [2.75, 3.05) is 6.61 Å². The summed E-state index contributed by atoms with van der Waals surface area (Å²) in [6.45, 7) is 3.48. The van der Waals surface area contributed by atoms with Crippen molar-refractivity contribution in [2.45, 2.75) is 31.2 Å². The average molecular weight is 394 g/mol. The Morgan fingerprint density at radius 2 is 1.86 bits per heavy atom. The zero-order valence-electron chi connectivity index (χ0n) is 12.2. The number of nitrogens with zero attached hydrogens (tertiary/aromatic N) is 1. The molecule has 0 heterocycles. The van der Waals surface area contributed by atoms with E-state index in [1.54, 1.807) is 6.07 Å². The fourth-order valence-electron chi connectivity index (χ4n) is 1.78. The smallest absolute Gasteiger partial charge is 0.422 e. The normalized spacial score (nSPS) is 11.8. The first-order valence-corrected chi connectivity index (χ1v) is 8.39. The summed E-state index contributed by atoms with van der Waals surface area (Å²) in [5.74, 6) is -0.628. The summed E-state index contributed by atoms with van der Waals surface area (Å²) in [5.41, 5.74) is -1.47. The van der Waals surface area contributed by atoms with Gasteiger partial charge in [-0.2, -0.15) is 4.31 Å². The van der Waals surface area contributed by atoms with Crippen molar-refractivity contribution in [1.82, 2.24) is 4.31 Å². The molecule has 1 amide bonds. The Labute approximate surface area is 137 Å². The molecule has 0 bridgehead atoms. The van der Waals surface area contributed by atoms with Crippen LogP contribution < -0.4 is 0 Å². The molecule has 0 aromatic heterocycles. The van der Waals surface area contributed by atoms with Crippen molar-refractivity contribution in [3.63, 3.8) is 0 Å². The molecule has 0 spiro atoms. The van der Waals surface area contributed by atoms with Crippen molar-refractivity contribution >= 4 is 38.0 Å². The average Bonchev–Trinajstić information content (AvgIpc) is 2.35. The zero-order chi connectivity index (χ0) is 17.1. The van der Waals surface area contributed by atoms with Gasteiger partial charge in [-0.05, 0) is 41.9 Å². The number of esters is 1. The highest BCUT2D eigenvalue weighted by Crippen LogP contribution is 2.29. The van der Waals surface area contributed by atoms with E-state index in [1.807, 2.05) is 0 Å². The molecule has 1 aromatic carbocycles. The summed E-state index contributed by atoms with van der Waals surface area (Å²) in [5, 5.41) is 9.35. The largest absolute Gasteiger partial charge is 0.464 e. The van der Waals surface area contributed by atoms with Gasteiger partial charge in [0.1, 0.15) is 11.5 Å². The molecule has 0 saturated heterocycles. The zero-order valence-corrected chi connectivity index (χ0v) is 14.6. The van der Waals surface area contributed by atoms with Crippen LogP contribution in [0.25, 0.3) is 0 Å². The molecule has 22 heavy (non-hydrogen) atoms. The summed E-state index contributed by atoms with van der Waals surface area (Å²) in [6.07, 6.45) is -1.66. The Kier molecular flexibility index (Phi) is 5.58. The van der Waals surface area contributed by atoms with Gasteiger partial charge in [-0.25, -0.2) is 13.2 Å².